The van der Waals surface area contributed by atoms with Crippen LogP contribution in [0, 0.1) is 0 Å². The van der Waals surface area contributed by atoms with E-state index < -0.39 is 18.5 Å². The van der Waals surface area contributed by atoms with Crippen LogP contribution in [0.25, 0.3) is 0 Å². The van der Waals surface area contributed by atoms with Gasteiger partial charge in [-0.1, -0.05) is 41.4 Å². The van der Waals surface area contributed by atoms with E-state index in [0.717, 1.165) is 5.56 Å². The molecule has 0 aliphatic rings. The number of benzene rings is 2. The van der Waals surface area contributed by atoms with Crippen molar-refractivity contribution in [1.29, 1.82) is 0 Å². The summed E-state index contributed by atoms with van der Waals surface area (Å²) in [5, 5.41) is 3.37. The van der Waals surface area contributed by atoms with Crippen molar-refractivity contribution in [3.8, 4) is 11.5 Å². The fraction of sp³-hybridized carbons (Fsp3) is 0.222. The fourth-order valence-corrected chi connectivity index (χ4v) is 2.63. The van der Waals surface area contributed by atoms with Crippen molar-refractivity contribution in [2.24, 2.45) is 0 Å². The lowest BCUT2D eigenvalue weighted by molar-refractivity contribution is -0.124. The summed E-state index contributed by atoms with van der Waals surface area (Å²) in [5.41, 5.74) is 0.909. The van der Waals surface area contributed by atoms with Gasteiger partial charge in [0.1, 0.15) is 0 Å². The van der Waals surface area contributed by atoms with Gasteiger partial charge in [0.25, 0.3) is 5.91 Å². The molecule has 6 nitrogen and oxygen atoms in total. The molecule has 2 aromatic rings. The highest BCUT2D eigenvalue weighted by Crippen LogP contribution is 2.36. The Bertz CT molecular complexity index is 810. The summed E-state index contributed by atoms with van der Waals surface area (Å²) in [6.07, 6.45) is 0. The van der Waals surface area contributed by atoms with Crippen LogP contribution in [0.15, 0.2) is 36.4 Å². The van der Waals surface area contributed by atoms with E-state index in [0.29, 0.717) is 10.8 Å². The molecule has 138 valence electrons. The lowest BCUT2D eigenvalue weighted by atomic mass is 10.2. The summed E-state index contributed by atoms with van der Waals surface area (Å²) in [6, 6.07) is 9.93. The van der Waals surface area contributed by atoms with Gasteiger partial charge in [-0.05, 0) is 23.8 Å². The Morgan fingerprint density at radius 2 is 1.77 bits per heavy atom. The normalized spacial score (nSPS) is 10.2. The first kappa shape index (κ1) is 19.9. The zero-order valence-corrected chi connectivity index (χ0v) is 15.7. The van der Waals surface area contributed by atoms with E-state index in [-0.39, 0.29) is 22.9 Å². The number of esters is 1. The average molecular weight is 398 g/mol. The minimum Gasteiger partial charge on any atom is -0.493 e. The van der Waals surface area contributed by atoms with Crippen molar-refractivity contribution in [2.75, 3.05) is 20.8 Å². The second-order valence-electron chi connectivity index (χ2n) is 5.14. The van der Waals surface area contributed by atoms with Gasteiger partial charge < -0.3 is 19.5 Å². The minimum absolute atomic E-state index is 0.145. The maximum Gasteiger partial charge on any atom is 0.338 e. The molecule has 0 radical (unpaired) electrons. The van der Waals surface area contributed by atoms with Gasteiger partial charge in [0, 0.05) is 11.6 Å². The van der Waals surface area contributed by atoms with Crippen LogP contribution in [0.3, 0.4) is 0 Å². The largest absolute Gasteiger partial charge is 0.493 e. The van der Waals surface area contributed by atoms with E-state index >= 15 is 0 Å². The first-order valence-corrected chi connectivity index (χ1v) is 8.30. The Balaban J connectivity index is 1.93. The number of ether oxygens (including phenoxy) is 3. The summed E-state index contributed by atoms with van der Waals surface area (Å²) >= 11 is 12.1. The van der Waals surface area contributed by atoms with Gasteiger partial charge >= 0.3 is 5.97 Å². The molecule has 0 aromatic heterocycles. The first-order valence-electron chi connectivity index (χ1n) is 7.55. The molecule has 0 atom stereocenters. The predicted molar refractivity (Wildman–Crippen MR) is 98.1 cm³/mol. The molecule has 0 aliphatic carbocycles. The highest BCUT2D eigenvalue weighted by molar-refractivity contribution is 6.32. The molecular formula is C18H17Cl2NO5. The summed E-state index contributed by atoms with van der Waals surface area (Å²) in [5.74, 6) is -0.566. The minimum atomic E-state index is -0.708. The molecular weight excluding hydrogens is 381 g/mol. The molecule has 2 aromatic carbocycles. The SMILES string of the molecule is COc1cc(C(=O)OCC(=O)NCc2ccccc2Cl)cc(Cl)c1OC. The third-order valence-electron chi connectivity index (χ3n) is 3.44. The quantitative estimate of drug-likeness (QED) is 0.723. The molecule has 26 heavy (non-hydrogen) atoms. The average Bonchev–Trinajstić information content (AvgIpc) is 2.64. The summed E-state index contributed by atoms with van der Waals surface area (Å²) < 4.78 is 15.2. The van der Waals surface area contributed by atoms with Crippen LogP contribution in [-0.2, 0) is 16.1 Å². The Hall–Kier alpha value is -2.44. The standard InChI is InChI=1S/C18H17Cl2NO5/c1-24-15-8-12(7-14(20)17(15)25-2)18(23)26-10-16(22)21-9-11-5-3-4-6-13(11)19/h3-8H,9-10H2,1-2H3,(H,21,22). The molecule has 0 fully saturated rings. The van der Waals surface area contributed by atoms with Crippen LogP contribution in [0.1, 0.15) is 15.9 Å². The summed E-state index contributed by atoms with van der Waals surface area (Å²) in [7, 11) is 2.86. The van der Waals surface area contributed by atoms with Gasteiger partial charge in [0.05, 0.1) is 24.8 Å². The van der Waals surface area contributed by atoms with Crippen molar-refractivity contribution in [3.05, 3.63) is 57.6 Å². The molecule has 0 spiro atoms. The number of hydrogen-bond acceptors (Lipinski definition) is 5. The third kappa shape index (κ3) is 5.03. The number of halogens is 2. The van der Waals surface area contributed by atoms with Gasteiger partial charge in [-0.3, -0.25) is 4.79 Å². The molecule has 0 unspecified atom stereocenters. The molecule has 2 rings (SSSR count). The van der Waals surface area contributed by atoms with Crippen molar-refractivity contribution < 1.29 is 23.8 Å². The fourth-order valence-electron chi connectivity index (χ4n) is 2.14. The molecule has 0 saturated heterocycles. The smallest absolute Gasteiger partial charge is 0.338 e. The molecule has 0 bridgehead atoms. The van der Waals surface area contributed by atoms with Crippen LogP contribution < -0.4 is 14.8 Å². The molecule has 0 heterocycles. The lowest BCUT2D eigenvalue weighted by Crippen LogP contribution is -2.28. The van der Waals surface area contributed by atoms with E-state index in [1.807, 2.05) is 6.07 Å². The van der Waals surface area contributed by atoms with Crippen molar-refractivity contribution >= 4 is 35.1 Å². The zero-order valence-electron chi connectivity index (χ0n) is 14.2. The Labute approximate surface area is 160 Å². The van der Waals surface area contributed by atoms with Crippen LogP contribution in [-0.4, -0.2) is 32.7 Å². The molecule has 1 N–H and O–H groups in total. The molecule has 1 amide bonds. The summed E-state index contributed by atoms with van der Waals surface area (Å²) in [6.45, 7) is -0.201. The second-order valence-corrected chi connectivity index (χ2v) is 5.95. The number of hydrogen-bond donors (Lipinski definition) is 1. The van der Waals surface area contributed by atoms with Gasteiger partial charge in [-0.15, -0.1) is 0 Å². The number of nitrogens with one attached hydrogen (secondary N) is 1. The summed E-state index contributed by atoms with van der Waals surface area (Å²) in [4.78, 5) is 24.0. The lowest BCUT2D eigenvalue weighted by Gasteiger charge is -2.12. The monoisotopic (exact) mass is 397 g/mol. The topological polar surface area (TPSA) is 73.9 Å². The molecule has 8 heteroatoms. The van der Waals surface area contributed by atoms with Gasteiger partial charge in [0.15, 0.2) is 18.1 Å². The van der Waals surface area contributed by atoms with Crippen molar-refractivity contribution in [1.82, 2.24) is 5.32 Å². The number of methoxy groups -OCH3 is 2. The Kier molecular flexibility index (Phi) is 7.12. The van der Waals surface area contributed by atoms with Crippen molar-refractivity contribution in [2.45, 2.75) is 6.54 Å². The van der Waals surface area contributed by atoms with Crippen LogP contribution in [0.4, 0.5) is 0 Å². The first-order chi connectivity index (χ1) is 12.5. The zero-order chi connectivity index (χ0) is 19.1. The van der Waals surface area contributed by atoms with E-state index in [4.69, 9.17) is 37.4 Å². The van der Waals surface area contributed by atoms with Crippen LogP contribution in [0.5, 0.6) is 11.5 Å². The van der Waals surface area contributed by atoms with E-state index in [2.05, 4.69) is 5.32 Å². The highest BCUT2D eigenvalue weighted by atomic mass is 35.5. The molecule has 0 aliphatic heterocycles. The molecule has 0 saturated carbocycles. The number of carbonyl (C=O) groups is 2. The van der Waals surface area contributed by atoms with Gasteiger partial charge in [-0.2, -0.15) is 0 Å². The Morgan fingerprint density at radius 3 is 2.42 bits per heavy atom. The Morgan fingerprint density at radius 1 is 1.04 bits per heavy atom. The van der Waals surface area contributed by atoms with Crippen LogP contribution >= 0.6 is 23.2 Å². The predicted octanol–water partition coefficient (Wildman–Crippen LogP) is 3.48. The second kappa shape index (κ2) is 9.31. The maximum absolute atomic E-state index is 12.1. The maximum atomic E-state index is 12.1. The van der Waals surface area contributed by atoms with E-state index in [9.17, 15) is 9.59 Å². The highest BCUT2D eigenvalue weighted by Gasteiger charge is 2.17. The van der Waals surface area contributed by atoms with E-state index in [1.54, 1.807) is 18.2 Å². The van der Waals surface area contributed by atoms with Gasteiger partial charge in [-0.25, -0.2) is 4.79 Å². The van der Waals surface area contributed by atoms with E-state index in [1.165, 1.54) is 26.4 Å². The number of rotatable bonds is 7. The third-order valence-corrected chi connectivity index (χ3v) is 4.09. The van der Waals surface area contributed by atoms with Crippen molar-refractivity contribution in [3.63, 3.8) is 0 Å². The number of amides is 1. The number of carbonyl (C=O) groups excluding carboxylic acids is 2. The van der Waals surface area contributed by atoms with Crippen LogP contribution in [0.2, 0.25) is 10.0 Å². The van der Waals surface area contributed by atoms with Gasteiger partial charge in [0.2, 0.25) is 0 Å².